The normalized spacial score (nSPS) is 11.2. The number of ether oxygens (including phenoxy) is 1. The van der Waals surface area contributed by atoms with Crippen LogP contribution in [0, 0.1) is 6.92 Å². The predicted molar refractivity (Wildman–Crippen MR) is 65.4 cm³/mol. The minimum absolute atomic E-state index is 0.115. The molecule has 0 aliphatic heterocycles. The molecule has 16 heavy (non-hydrogen) atoms. The van der Waals surface area contributed by atoms with Crippen molar-refractivity contribution < 1.29 is 13.2 Å². The van der Waals surface area contributed by atoms with E-state index in [9.17, 15) is 8.42 Å². The van der Waals surface area contributed by atoms with E-state index in [0.717, 1.165) is 5.56 Å². The van der Waals surface area contributed by atoms with Crippen molar-refractivity contribution in [2.24, 2.45) is 0 Å². The summed E-state index contributed by atoms with van der Waals surface area (Å²) in [6, 6.07) is 5.38. The first-order valence-electron chi connectivity index (χ1n) is 5.13. The van der Waals surface area contributed by atoms with Crippen molar-refractivity contribution >= 4 is 15.7 Å². The molecule has 1 rings (SSSR count). The molecule has 0 amide bonds. The van der Waals surface area contributed by atoms with Crippen LogP contribution in [0.5, 0.6) is 5.75 Å². The first-order chi connectivity index (χ1) is 7.48. The lowest BCUT2D eigenvalue weighted by Crippen LogP contribution is -2.16. The SMILES string of the molecule is CCCS(=O)(=O)Nc1cc(C)ccc1OC. The maximum absolute atomic E-state index is 11.6. The molecule has 0 bridgehead atoms. The van der Waals surface area contributed by atoms with E-state index in [-0.39, 0.29) is 5.75 Å². The van der Waals surface area contributed by atoms with Gasteiger partial charge in [0, 0.05) is 0 Å². The smallest absolute Gasteiger partial charge is 0.232 e. The molecular weight excluding hydrogens is 226 g/mol. The van der Waals surface area contributed by atoms with Gasteiger partial charge in [0.15, 0.2) is 0 Å². The second-order valence-electron chi connectivity index (χ2n) is 3.62. The molecule has 0 aromatic heterocycles. The maximum Gasteiger partial charge on any atom is 0.232 e. The standard InChI is InChI=1S/C11H17NO3S/c1-4-7-16(13,14)12-10-8-9(2)5-6-11(10)15-3/h5-6,8,12H,4,7H2,1-3H3. The summed E-state index contributed by atoms with van der Waals surface area (Å²) >= 11 is 0. The van der Waals surface area contributed by atoms with Gasteiger partial charge in [-0.25, -0.2) is 8.42 Å². The highest BCUT2D eigenvalue weighted by Crippen LogP contribution is 2.26. The molecule has 5 heteroatoms. The van der Waals surface area contributed by atoms with Crippen LogP contribution in [0.25, 0.3) is 0 Å². The second-order valence-corrected chi connectivity index (χ2v) is 5.47. The molecule has 0 fully saturated rings. The molecule has 0 atom stereocenters. The number of hydrogen-bond acceptors (Lipinski definition) is 3. The van der Waals surface area contributed by atoms with Gasteiger partial charge in [0.1, 0.15) is 5.75 Å². The topological polar surface area (TPSA) is 55.4 Å². The number of nitrogens with one attached hydrogen (secondary N) is 1. The van der Waals surface area contributed by atoms with Crippen LogP contribution in [-0.2, 0) is 10.0 Å². The van der Waals surface area contributed by atoms with Gasteiger partial charge >= 0.3 is 0 Å². The van der Waals surface area contributed by atoms with Crippen LogP contribution in [0.4, 0.5) is 5.69 Å². The van der Waals surface area contributed by atoms with Gasteiger partial charge in [-0.05, 0) is 31.0 Å². The molecule has 1 N–H and O–H groups in total. The zero-order valence-corrected chi connectivity index (χ0v) is 10.6. The van der Waals surface area contributed by atoms with Crippen LogP contribution in [0.15, 0.2) is 18.2 Å². The molecule has 4 nitrogen and oxygen atoms in total. The Morgan fingerprint density at radius 3 is 2.62 bits per heavy atom. The number of hydrogen-bond donors (Lipinski definition) is 1. The molecule has 0 radical (unpaired) electrons. The van der Waals surface area contributed by atoms with Crippen LogP contribution in [-0.4, -0.2) is 21.3 Å². The van der Waals surface area contributed by atoms with Crippen LogP contribution in [0.1, 0.15) is 18.9 Å². The number of sulfonamides is 1. The zero-order valence-electron chi connectivity index (χ0n) is 9.78. The fourth-order valence-corrected chi connectivity index (χ4v) is 2.52. The van der Waals surface area contributed by atoms with E-state index in [1.807, 2.05) is 19.9 Å². The summed E-state index contributed by atoms with van der Waals surface area (Å²) in [5.41, 5.74) is 1.48. The van der Waals surface area contributed by atoms with Crippen LogP contribution in [0.2, 0.25) is 0 Å². The highest BCUT2D eigenvalue weighted by molar-refractivity contribution is 7.92. The van der Waals surface area contributed by atoms with Crippen LogP contribution < -0.4 is 9.46 Å². The summed E-state index contributed by atoms with van der Waals surface area (Å²) < 4.78 is 30.8. The highest BCUT2D eigenvalue weighted by Gasteiger charge is 2.12. The lowest BCUT2D eigenvalue weighted by atomic mass is 10.2. The fourth-order valence-electron chi connectivity index (χ4n) is 1.39. The molecule has 0 spiro atoms. The van der Waals surface area contributed by atoms with E-state index < -0.39 is 10.0 Å². The van der Waals surface area contributed by atoms with Crippen LogP contribution >= 0.6 is 0 Å². The van der Waals surface area contributed by atoms with E-state index in [1.165, 1.54) is 7.11 Å². The largest absolute Gasteiger partial charge is 0.495 e. The van der Waals surface area contributed by atoms with Crippen LogP contribution in [0.3, 0.4) is 0 Å². The van der Waals surface area contributed by atoms with Crippen molar-refractivity contribution in [2.45, 2.75) is 20.3 Å². The number of aryl methyl sites for hydroxylation is 1. The van der Waals surface area contributed by atoms with Gasteiger partial charge < -0.3 is 4.74 Å². The number of rotatable bonds is 5. The van der Waals surface area contributed by atoms with E-state index in [0.29, 0.717) is 17.9 Å². The molecule has 90 valence electrons. The van der Waals surface area contributed by atoms with Crippen molar-refractivity contribution in [2.75, 3.05) is 17.6 Å². The summed E-state index contributed by atoms with van der Waals surface area (Å²) in [5, 5.41) is 0. The third-order valence-electron chi connectivity index (χ3n) is 2.09. The molecule has 0 saturated carbocycles. The minimum Gasteiger partial charge on any atom is -0.495 e. The highest BCUT2D eigenvalue weighted by atomic mass is 32.2. The van der Waals surface area contributed by atoms with Gasteiger partial charge in [-0.3, -0.25) is 4.72 Å². The molecule has 0 aliphatic rings. The molecule has 1 aromatic rings. The third-order valence-corrected chi connectivity index (χ3v) is 3.57. The molecule has 0 saturated heterocycles. The van der Waals surface area contributed by atoms with Gasteiger partial charge in [0.25, 0.3) is 0 Å². The Labute approximate surface area is 96.7 Å². The van der Waals surface area contributed by atoms with Gasteiger partial charge in [-0.1, -0.05) is 13.0 Å². The van der Waals surface area contributed by atoms with E-state index >= 15 is 0 Å². The number of methoxy groups -OCH3 is 1. The Hall–Kier alpha value is -1.23. The average molecular weight is 243 g/mol. The van der Waals surface area contributed by atoms with Crippen molar-refractivity contribution in [1.82, 2.24) is 0 Å². The average Bonchev–Trinajstić information content (AvgIpc) is 2.17. The monoisotopic (exact) mass is 243 g/mol. The first-order valence-corrected chi connectivity index (χ1v) is 6.79. The Bertz CT molecular complexity index is 454. The summed E-state index contributed by atoms with van der Waals surface area (Å²) in [7, 11) is -1.75. The Balaban J connectivity index is 3.00. The Morgan fingerprint density at radius 1 is 1.38 bits per heavy atom. The van der Waals surface area contributed by atoms with Gasteiger partial charge in [0.2, 0.25) is 10.0 Å². The zero-order chi connectivity index (χ0) is 12.2. The molecule has 1 aromatic carbocycles. The number of benzene rings is 1. The van der Waals surface area contributed by atoms with Crippen molar-refractivity contribution in [3.8, 4) is 5.75 Å². The fraction of sp³-hybridized carbons (Fsp3) is 0.455. The second kappa shape index (κ2) is 5.21. The number of anilines is 1. The lowest BCUT2D eigenvalue weighted by molar-refractivity contribution is 0.417. The summed E-state index contributed by atoms with van der Waals surface area (Å²) in [6.45, 7) is 3.73. The van der Waals surface area contributed by atoms with Gasteiger partial charge in [0.05, 0.1) is 18.6 Å². The maximum atomic E-state index is 11.6. The third kappa shape index (κ3) is 3.41. The molecule has 0 heterocycles. The molecular formula is C11H17NO3S. The quantitative estimate of drug-likeness (QED) is 0.862. The van der Waals surface area contributed by atoms with Crippen molar-refractivity contribution in [3.63, 3.8) is 0 Å². The summed E-state index contributed by atoms with van der Waals surface area (Å²) in [5.74, 6) is 0.648. The van der Waals surface area contributed by atoms with Crippen molar-refractivity contribution in [3.05, 3.63) is 23.8 Å². The van der Waals surface area contributed by atoms with E-state index in [1.54, 1.807) is 12.1 Å². The summed E-state index contributed by atoms with van der Waals surface area (Å²) in [6.07, 6.45) is 0.587. The Kier molecular flexibility index (Phi) is 4.18. The van der Waals surface area contributed by atoms with Gasteiger partial charge in [-0.2, -0.15) is 0 Å². The predicted octanol–water partition coefficient (Wildman–Crippen LogP) is 2.16. The van der Waals surface area contributed by atoms with Gasteiger partial charge in [-0.15, -0.1) is 0 Å². The van der Waals surface area contributed by atoms with E-state index in [2.05, 4.69) is 4.72 Å². The first kappa shape index (κ1) is 12.8. The van der Waals surface area contributed by atoms with Crippen molar-refractivity contribution in [1.29, 1.82) is 0 Å². The molecule has 0 aliphatic carbocycles. The Morgan fingerprint density at radius 2 is 2.06 bits per heavy atom. The van der Waals surface area contributed by atoms with E-state index in [4.69, 9.17) is 4.74 Å². The molecule has 0 unspecified atom stereocenters. The minimum atomic E-state index is -3.26. The summed E-state index contributed by atoms with van der Waals surface area (Å²) in [4.78, 5) is 0. The lowest BCUT2D eigenvalue weighted by Gasteiger charge is -2.11.